The fourth-order valence-electron chi connectivity index (χ4n) is 1.90. The average Bonchev–Trinajstić information content (AvgIpc) is 2.70. The summed E-state index contributed by atoms with van der Waals surface area (Å²) in [6.07, 6.45) is 1.50. The first-order valence-corrected chi connectivity index (χ1v) is 5.41. The number of hydrogen-bond acceptors (Lipinski definition) is 2. The summed E-state index contributed by atoms with van der Waals surface area (Å²) >= 11 is 0. The number of ketones is 1. The summed E-state index contributed by atoms with van der Waals surface area (Å²) in [6, 6.07) is 7.48. The summed E-state index contributed by atoms with van der Waals surface area (Å²) in [7, 11) is 0. The fraction of sp³-hybridized carbons (Fsp3) is 0.231. The zero-order valence-corrected chi connectivity index (χ0v) is 9.43. The normalized spacial score (nSPS) is 12.5. The SMILES string of the molecule is C[C@@H](CC(=O)O)C(=O)c1c[nH]c2ccccc12. The van der Waals surface area contributed by atoms with E-state index in [1.54, 1.807) is 13.1 Å². The topological polar surface area (TPSA) is 70.2 Å². The number of hydrogen-bond donors (Lipinski definition) is 2. The minimum absolute atomic E-state index is 0.134. The van der Waals surface area contributed by atoms with E-state index >= 15 is 0 Å². The van der Waals surface area contributed by atoms with Gasteiger partial charge in [0.15, 0.2) is 5.78 Å². The number of H-pyrrole nitrogens is 1. The maximum Gasteiger partial charge on any atom is 0.304 e. The minimum atomic E-state index is -0.953. The van der Waals surface area contributed by atoms with E-state index in [1.165, 1.54) is 0 Å². The van der Waals surface area contributed by atoms with E-state index in [1.807, 2.05) is 24.3 Å². The number of fused-ring (bicyclic) bond motifs is 1. The van der Waals surface area contributed by atoms with Crippen LogP contribution < -0.4 is 0 Å². The maximum atomic E-state index is 12.1. The van der Waals surface area contributed by atoms with Gasteiger partial charge in [-0.1, -0.05) is 25.1 Å². The van der Waals surface area contributed by atoms with Crippen molar-refractivity contribution in [3.8, 4) is 0 Å². The van der Waals surface area contributed by atoms with Crippen LogP contribution in [0.4, 0.5) is 0 Å². The van der Waals surface area contributed by atoms with E-state index in [9.17, 15) is 9.59 Å². The monoisotopic (exact) mass is 231 g/mol. The number of aromatic amines is 1. The van der Waals surface area contributed by atoms with Gasteiger partial charge < -0.3 is 10.1 Å². The van der Waals surface area contributed by atoms with Crippen LogP contribution in [0.2, 0.25) is 0 Å². The maximum absolute atomic E-state index is 12.1. The van der Waals surface area contributed by atoms with Gasteiger partial charge in [0.2, 0.25) is 0 Å². The molecule has 0 bridgehead atoms. The molecule has 4 heteroatoms. The summed E-state index contributed by atoms with van der Waals surface area (Å²) in [4.78, 5) is 25.7. The van der Waals surface area contributed by atoms with Crippen molar-refractivity contribution >= 4 is 22.7 Å². The number of para-hydroxylation sites is 1. The smallest absolute Gasteiger partial charge is 0.304 e. The Labute approximate surface area is 98.3 Å². The van der Waals surface area contributed by atoms with Crippen LogP contribution in [0.25, 0.3) is 10.9 Å². The van der Waals surface area contributed by atoms with Crippen LogP contribution in [0.3, 0.4) is 0 Å². The number of carboxylic acid groups (broad SMARTS) is 1. The van der Waals surface area contributed by atoms with Crippen LogP contribution in [0.1, 0.15) is 23.7 Å². The molecule has 2 aromatic rings. The lowest BCUT2D eigenvalue weighted by Crippen LogP contribution is -2.15. The molecule has 2 N–H and O–H groups in total. The highest BCUT2D eigenvalue weighted by molar-refractivity contribution is 6.09. The lowest BCUT2D eigenvalue weighted by Gasteiger charge is -2.06. The molecule has 0 aliphatic rings. The largest absolute Gasteiger partial charge is 0.481 e. The molecule has 2 rings (SSSR count). The van der Waals surface area contributed by atoms with Crippen molar-refractivity contribution in [2.24, 2.45) is 5.92 Å². The number of aromatic nitrogens is 1. The molecule has 1 aromatic carbocycles. The van der Waals surface area contributed by atoms with Gasteiger partial charge in [0, 0.05) is 28.6 Å². The third kappa shape index (κ3) is 2.20. The van der Waals surface area contributed by atoms with Crippen molar-refractivity contribution in [3.05, 3.63) is 36.0 Å². The van der Waals surface area contributed by atoms with Crippen molar-refractivity contribution in [1.82, 2.24) is 4.98 Å². The summed E-state index contributed by atoms with van der Waals surface area (Å²) in [5.74, 6) is -1.60. The third-order valence-electron chi connectivity index (χ3n) is 2.78. The van der Waals surface area contributed by atoms with Crippen molar-refractivity contribution in [3.63, 3.8) is 0 Å². The summed E-state index contributed by atoms with van der Waals surface area (Å²) < 4.78 is 0. The number of aliphatic carboxylic acids is 1. The molecular weight excluding hydrogens is 218 g/mol. The molecule has 0 aliphatic heterocycles. The van der Waals surface area contributed by atoms with E-state index in [-0.39, 0.29) is 12.2 Å². The van der Waals surface area contributed by atoms with Gasteiger partial charge in [-0.05, 0) is 6.07 Å². The Morgan fingerprint density at radius 2 is 2.06 bits per heavy atom. The van der Waals surface area contributed by atoms with Gasteiger partial charge in [-0.3, -0.25) is 9.59 Å². The number of benzene rings is 1. The molecule has 1 heterocycles. The van der Waals surface area contributed by atoms with Crippen molar-refractivity contribution < 1.29 is 14.7 Å². The van der Waals surface area contributed by atoms with Gasteiger partial charge in [-0.15, -0.1) is 0 Å². The summed E-state index contributed by atoms with van der Waals surface area (Å²) in [5.41, 5.74) is 1.45. The summed E-state index contributed by atoms with van der Waals surface area (Å²) in [5, 5.41) is 9.53. The molecule has 1 atom stereocenters. The van der Waals surface area contributed by atoms with E-state index in [2.05, 4.69) is 4.98 Å². The molecule has 0 radical (unpaired) electrons. The predicted molar refractivity (Wildman–Crippen MR) is 64.0 cm³/mol. The van der Waals surface area contributed by atoms with Gasteiger partial charge in [-0.25, -0.2) is 0 Å². The molecule has 0 aliphatic carbocycles. The molecule has 0 unspecified atom stereocenters. The highest BCUT2D eigenvalue weighted by atomic mass is 16.4. The molecule has 0 amide bonds. The Hall–Kier alpha value is -2.10. The van der Waals surface area contributed by atoms with Crippen molar-refractivity contribution in [2.45, 2.75) is 13.3 Å². The molecule has 1 aromatic heterocycles. The molecule has 17 heavy (non-hydrogen) atoms. The second-order valence-corrected chi connectivity index (χ2v) is 4.11. The van der Waals surface area contributed by atoms with Gasteiger partial charge in [0.25, 0.3) is 0 Å². The van der Waals surface area contributed by atoms with Gasteiger partial charge in [0.05, 0.1) is 6.42 Å². The first-order chi connectivity index (χ1) is 8.09. The van der Waals surface area contributed by atoms with Crippen LogP contribution in [-0.4, -0.2) is 21.8 Å². The Morgan fingerprint density at radius 3 is 2.76 bits per heavy atom. The van der Waals surface area contributed by atoms with Gasteiger partial charge in [0.1, 0.15) is 0 Å². The lowest BCUT2D eigenvalue weighted by atomic mass is 9.96. The number of rotatable bonds is 4. The molecule has 88 valence electrons. The Balaban J connectivity index is 2.33. The van der Waals surface area contributed by atoms with Crippen LogP contribution in [-0.2, 0) is 4.79 Å². The van der Waals surface area contributed by atoms with E-state index < -0.39 is 11.9 Å². The predicted octanol–water partition coefficient (Wildman–Crippen LogP) is 2.46. The number of nitrogens with one attached hydrogen (secondary N) is 1. The third-order valence-corrected chi connectivity index (χ3v) is 2.78. The highest BCUT2D eigenvalue weighted by Crippen LogP contribution is 2.21. The molecule has 0 spiro atoms. The first kappa shape index (κ1) is 11.4. The molecule has 4 nitrogen and oxygen atoms in total. The second-order valence-electron chi connectivity index (χ2n) is 4.11. The molecule has 0 fully saturated rings. The second kappa shape index (κ2) is 4.41. The van der Waals surface area contributed by atoms with Gasteiger partial charge >= 0.3 is 5.97 Å². The Morgan fingerprint density at radius 1 is 1.35 bits per heavy atom. The highest BCUT2D eigenvalue weighted by Gasteiger charge is 2.20. The molecule has 0 saturated carbocycles. The summed E-state index contributed by atoms with van der Waals surface area (Å²) in [6.45, 7) is 1.64. The number of Topliss-reactive ketones (excluding diaryl/α,β-unsaturated/α-hetero) is 1. The van der Waals surface area contributed by atoms with Crippen molar-refractivity contribution in [1.29, 1.82) is 0 Å². The molecular formula is C13H13NO3. The lowest BCUT2D eigenvalue weighted by molar-refractivity contribution is -0.137. The van der Waals surface area contributed by atoms with Crippen LogP contribution in [0.15, 0.2) is 30.5 Å². The number of carbonyl (C=O) groups excluding carboxylic acids is 1. The number of carbonyl (C=O) groups is 2. The van der Waals surface area contributed by atoms with Crippen molar-refractivity contribution in [2.75, 3.05) is 0 Å². The zero-order chi connectivity index (χ0) is 12.4. The van der Waals surface area contributed by atoms with Crippen LogP contribution in [0, 0.1) is 5.92 Å². The Bertz CT molecular complexity index is 571. The number of carboxylic acids is 1. The van der Waals surface area contributed by atoms with Crippen LogP contribution in [0.5, 0.6) is 0 Å². The molecule has 0 saturated heterocycles. The Kier molecular flexibility index (Phi) is 2.95. The fourth-order valence-corrected chi connectivity index (χ4v) is 1.90. The van der Waals surface area contributed by atoms with Gasteiger partial charge in [-0.2, -0.15) is 0 Å². The quantitative estimate of drug-likeness (QED) is 0.794. The van der Waals surface area contributed by atoms with E-state index in [4.69, 9.17) is 5.11 Å². The zero-order valence-electron chi connectivity index (χ0n) is 9.43. The first-order valence-electron chi connectivity index (χ1n) is 5.41. The van der Waals surface area contributed by atoms with E-state index in [0.29, 0.717) is 5.56 Å². The van der Waals surface area contributed by atoms with E-state index in [0.717, 1.165) is 10.9 Å². The van der Waals surface area contributed by atoms with Crippen LogP contribution >= 0.6 is 0 Å². The average molecular weight is 231 g/mol. The minimum Gasteiger partial charge on any atom is -0.481 e. The standard InChI is InChI=1S/C13H13NO3/c1-8(6-12(15)16)13(17)10-7-14-11-5-3-2-4-9(10)11/h2-5,7-8,14H,6H2,1H3,(H,15,16)/t8-/m0/s1.